The summed E-state index contributed by atoms with van der Waals surface area (Å²) in [7, 11) is -0.936. The molecule has 0 radical (unpaired) electrons. The zero-order valence-electron chi connectivity index (χ0n) is 13.5. The summed E-state index contributed by atoms with van der Waals surface area (Å²) in [4.78, 5) is 12.8. The van der Waals surface area contributed by atoms with Gasteiger partial charge in [0, 0.05) is 17.6 Å². The van der Waals surface area contributed by atoms with Crippen LogP contribution in [0, 0.1) is 0 Å². The van der Waals surface area contributed by atoms with Gasteiger partial charge in [0.15, 0.2) is 0 Å². The fraction of sp³-hybridized carbons (Fsp3) is 0.188. The number of anilines is 1. The van der Waals surface area contributed by atoms with E-state index in [4.69, 9.17) is 4.74 Å². The normalized spacial score (nSPS) is 11.0. The van der Waals surface area contributed by atoms with Crippen molar-refractivity contribution in [3.63, 3.8) is 0 Å². The largest absolute Gasteiger partial charge is 0.496 e. The fourth-order valence-electron chi connectivity index (χ4n) is 2.07. The minimum Gasteiger partial charge on any atom is -0.496 e. The first-order valence-corrected chi connectivity index (χ1v) is 9.69. The van der Waals surface area contributed by atoms with Crippen molar-refractivity contribution >= 4 is 33.4 Å². The maximum Gasteiger partial charge on any atom is 0.261 e. The second-order valence-corrected chi connectivity index (χ2v) is 7.34. The molecule has 2 aromatic carbocycles. The number of thioether (sulfide) groups is 1. The van der Waals surface area contributed by atoms with Gasteiger partial charge in [0.2, 0.25) is 0 Å². The van der Waals surface area contributed by atoms with E-state index in [1.165, 1.54) is 44.1 Å². The molecule has 0 bridgehead atoms. The molecule has 0 aromatic heterocycles. The van der Waals surface area contributed by atoms with E-state index in [1.54, 1.807) is 18.2 Å². The van der Waals surface area contributed by atoms with Crippen molar-refractivity contribution in [3.8, 4) is 5.75 Å². The summed E-state index contributed by atoms with van der Waals surface area (Å²) in [6.45, 7) is 0. The van der Waals surface area contributed by atoms with E-state index in [-0.39, 0.29) is 10.5 Å². The van der Waals surface area contributed by atoms with Crippen molar-refractivity contribution < 1.29 is 17.9 Å². The third-order valence-electron chi connectivity index (χ3n) is 3.27. The number of rotatable bonds is 6. The first-order chi connectivity index (χ1) is 11.4. The molecule has 2 aromatic rings. The van der Waals surface area contributed by atoms with Gasteiger partial charge in [0.25, 0.3) is 15.9 Å². The maximum absolute atomic E-state index is 12.6. The van der Waals surface area contributed by atoms with Crippen LogP contribution in [0.15, 0.2) is 52.3 Å². The van der Waals surface area contributed by atoms with Crippen LogP contribution in [0.25, 0.3) is 0 Å². The smallest absolute Gasteiger partial charge is 0.261 e. The van der Waals surface area contributed by atoms with Gasteiger partial charge in [-0.1, -0.05) is 6.07 Å². The van der Waals surface area contributed by atoms with Crippen LogP contribution in [-0.2, 0) is 10.0 Å². The van der Waals surface area contributed by atoms with E-state index in [2.05, 4.69) is 10.0 Å². The lowest BCUT2D eigenvalue weighted by Gasteiger charge is -2.12. The highest BCUT2D eigenvalue weighted by atomic mass is 32.2. The number of amides is 1. The van der Waals surface area contributed by atoms with Crippen LogP contribution in [0.1, 0.15) is 10.4 Å². The molecule has 0 saturated heterocycles. The van der Waals surface area contributed by atoms with E-state index in [9.17, 15) is 13.2 Å². The van der Waals surface area contributed by atoms with E-state index in [0.717, 1.165) is 4.90 Å². The van der Waals surface area contributed by atoms with E-state index in [0.29, 0.717) is 11.4 Å². The first-order valence-electron chi connectivity index (χ1n) is 6.98. The number of carbonyl (C=O) groups excluding carboxylic acids is 1. The van der Waals surface area contributed by atoms with Crippen LogP contribution in [0.4, 0.5) is 5.69 Å². The topological polar surface area (TPSA) is 84.5 Å². The van der Waals surface area contributed by atoms with Crippen LogP contribution in [-0.4, -0.2) is 34.7 Å². The average Bonchev–Trinajstić information content (AvgIpc) is 2.60. The second-order valence-electron chi connectivity index (χ2n) is 4.78. The molecule has 1 amide bonds. The summed E-state index contributed by atoms with van der Waals surface area (Å²) in [5, 5.41) is 2.46. The number of ether oxygens (including phenoxy) is 1. The highest BCUT2D eigenvalue weighted by Crippen LogP contribution is 2.25. The molecule has 0 unspecified atom stereocenters. The van der Waals surface area contributed by atoms with Crippen molar-refractivity contribution in [1.29, 1.82) is 0 Å². The van der Waals surface area contributed by atoms with Gasteiger partial charge < -0.3 is 10.1 Å². The molecular formula is C16H18N2O4S2. The minimum atomic E-state index is -3.82. The molecule has 0 aliphatic carbocycles. The predicted octanol–water partition coefficient (Wildman–Crippen LogP) is 2.58. The molecule has 0 heterocycles. The lowest BCUT2D eigenvalue weighted by molar-refractivity contribution is 0.0960. The molecule has 8 heteroatoms. The van der Waals surface area contributed by atoms with Gasteiger partial charge >= 0.3 is 0 Å². The zero-order chi connectivity index (χ0) is 17.7. The van der Waals surface area contributed by atoms with Gasteiger partial charge in [-0.25, -0.2) is 8.42 Å². The third kappa shape index (κ3) is 4.01. The lowest BCUT2D eigenvalue weighted by atomic mass is 10.2. The fourth-order valence-corrected chi connectivity index (χ4v) is 3.60. The summed E-state index contributed by atoms with van der Waals surface area (Å²) in [6.07, 6.45) is 1.91. The molecule has 0 spiro atoms. The highest BCUT2D eigenvalue weighted by molar-refractivity contribution is 7.98. The minimum absolute atomic E-state index is 0.0172. The molecule has 0 aliphatic heterocycles. The summed E-state index contributed by atoms with van der Waals surface area (Å²) >= 11 is 1.51. The Morgan fingerprint density at radius 3 is 2.54 bits per heavy atom. The van der Waals surface area contributed by atoms with E-state index >= 15 is 0 Å². The summed E-state index contributed by atoms with van der Waals surface area (Å²) < 4.78 is 32.8. The summed E-state index contributed by atoms with van der Waals surface area (Å²) in [6, 6.07) is 11.2. The van der Waals surface area contributed by atoms with Crippen molar-refractivity contribution in [1.82, 2.24) is 5.32 Å². The Labute approximate surface area is 145 Å². The van der Waals surface area contributed by atoms with Gasteiger partial charge in [-0.3, -0.25) is 9.52 Å². The van der Waals surface area contributed by atoms with Gasteiger partial charge in [-0.15, -0.1) is 11.8 Å². The molecule has 0 saturated carbocycles. The number of hydrogen-bond acceptors (Lipinski definition) is 5. The zero-order valence-corrected chi connectivity index (χ0v) is 15.1. The van der Waals surface area contributed by atoms with Crippen LogP contribution >= 0.6 is 11.8 Å². The molecule has 0 fully saturated rings. The predicted molar refractivity (Wildman–Crippen MR) is 95.4 cm³/mol. The molecule has 0 atom stereocenters. The molecule has 2 N–H and O–H groups in total. The van der Waals surface area contributed by atoms with Crippen LogP contribution < -0.4 is 14.8 Å². The molecule has 6 nitrogen and oxygen atoms in total. The highest BCUT2D eigenvalue weighted by Gasteiger charge is 2.19. The first kappa shape index (κ1) is 18.2. The van der Waals surface area contributed by atoms with Crippen LogP contribution in [0.5, 0.6) is 5.75 Å². The van der Waals surface area contributed by atoms with Crippen LogP contribution in [0.2, 0.25) is 0 Å². The maximum atomic E-state index is 12.6. The Bertz CT molecular complexity index is 851. The Kier molecular flexibility index (Phi) is 5.74. The van der Waals surface area contributed by atoms with Crippen molar-refractivity contribution in [2.75, 3.05) is 25.1 Å². The molecular weight excluding hydrogens is 348 g/mol. The number of hydrogen-bond donors (Lipinski definition) is 2. The standard InChI is InChI=1S/C16H18N2O4S2/c1-17-16(19)14-10-13(7-8-15(14)22-2)24(20,21)18-11-5-4-6-12(9-11)23-3/h4-10,18H,1-3H3,(H,17,19). The van der Waals surface area contributed by atoms with E-state index < -0.39 is 15.9 Å². The Balaban J connectivity index is 2.40. The van der Waals surface area contributed by atoms with Crippen LogP contribution in [0.3, 0.4) is 0 Å². The SMILES string of the molecule is CNC(=O)c1cc(S(=O)(=O)Nc2cccc(SC)c2)ccc1OC. The van der Waals surface area contributed by atoms with Gasteiger partial charge in [0.1, 0.15) is 5.75 Å². The van der Waals surface area contributed by atoms with Crippen molar-refractivity contribution in [2.45, 2.75) is 9.79 Å². The summed E-state index contributed by atoms with van der Waals surface area (Å²) in [5.74, 6) is -0.119. The molecule has 0 aliphatic rings. The van der Waals surface area contributed by atoms with Crippen molar-refractivity contribution in [2.24, 2.45) is 0 Å². The number of methoxy groups -OCH3 is 1. The Hall–Kier alpha value is -2.19. The third-order valence-corrected chi connectivity index (χ3v) is 5.38. The quantitative estimate of drug-likeness (QED) is 0.768. The second kappa shape index (κ2) is 7.59. The average molecular weight is 366 g/mol. The van der Waals surface area contributed by atoms with Crippen molar-refractivity contribution in [3.05, 3.63) is 48.0 Å². The number of carbonyl (C=O) groups is 1. The molecule has 2 rings (SSSR count). The number of sulfonamides is 1. The number of nitrogens with one attached hydrogen (secondary N) is 2. The monoisotopic (exact) mass is 366 g/mol. The summed E-state index contributed by atoms with van der Waals surface area (Å²) in [5.41, 5.74) is 0.611. The Morgan fingerprint density at radius 2 is 1.92 bits per heavy atom. The van der Waals surface area contributed by atoms with Gasteiger partial charge in [-0.2, -0.15) is 0 Å². The van der Waals surface area contributed by atoms with E-state index in [1.807, 2.05) is 12.3 Å². The lowest BCUT2D eigenvalue weighted by Crippen LogP contribution is -2.20. The molecule has 24 heavy (non-hydrogen) atoms. The van der Waals surface area contributed by atoms with Gasteiger partial charge in [-0.05, 0) is 42.7 Å². The number of benzene rings is 2. The Morgan fingerprint density at radius 1 is 1.17 bits per heavy atom. The molecule has 128 valence electrons. The van der Waals surface area contributed by atoms with Gasteiger partial charge in [0.05, 0.1) is 17.6 Å².